The Balaban J connectivity index is 2.16. The molecule has 0 saturated heterocycles. The lowest BCUT2D eigenvalue weighted by Gasteiger charge is -2.37. The van der Waals surface area contributed by atoms with Crippen LogP contribution in [0.2, 0.25) is 0 Å². The van der Waals surface area contributed by atoms with Crippen molar-refractivity contribution in [2.24, 2.45) is 0 Å². The van der Waals surface area contributed by atoms with Gasteiger partial charge in [0.2, 0.25) is 0 Å². The van der Waals surface area contributed by atoms with Crippen LogP contribution in [0.1, 0.15) is 43.4 Å². The lowest BCUT2D eigenvalue weighted by molar-refractivity contribution is 0.689. The minimum atomic E-state index is -0.177. The van der Waals surface area contributed by atoms with Gasteiger partial charge in [0.1, 0.15) is 0 Å². The van der Waals surface area contributed by atoms with E-state index < -0.39 is 0 Å². The predicted molar refractivity (Wildman–Crippen MR) is 112 cm³/mol. The fourth-order valence-electron chi connectivity index (χ4n) is 4.77. The zero-order valence-electron chi connectivity index (χ0n) is 15.9. The minimum Gasteiger partial charge on any atom is -0.0873 e. The average molecular weight is 338 g/mol. The van der Waals surface area contributed by atoms with Gasteiger partial charge in [-0.25, -0.2) is 0 Å². The molecule has 0 radical (unpaired) electrons. The molecule has 0 amide bonds. The van der Waals surface area contributed by atoms with Gasteiger partial charge < -0.3 is 0 Å². The molecule has 0 aromatic heterocycles. The zero-order chi connectivity index (χ0) is 18.1. The van der Waals surface area contributed by atoms with Crippen LogP contribution in [-0.2, 0) is 5.41 Å². The summed E-state index contributed by atoms with van der Waals surface area (Å²) in [6.45, 7) is 6.49. The Hall–Kier alpha value is -2.60. The Bertz CT molecular complexity index is 965. The van der Waals surface area contributed by atoms with Crippen molar-refractivity contribution in [2.75, 3.05) is 0 Å². The van der Waals surface area contributed by atoms with Gasteiger partial charge >= 0.3 is 0 Å². The third kappa shape index (κ3) is 2.29. The van der Waals surface area contributed by atoms with Crippen molar-refractivity contribution < 1.29 is 0 Å². The molecule has 1 atom stereocenters. The van der Waals surface area contributed by atoms with Gasteiger partial charge in [0.05, 0.1) is 5.41 Å². The number of benzene rings is 2. The minimum absolute atomic E-state index is 0.177. The molecule has 4 rings (SSSR count). The van der Waals surface area contributed by atoms with Gasteiger partial charge in [0, 0.05) is 0 Å². The van der Waals surface area contributed by atoms with Crippen LogP contribution >= 0.6 is 0 Å². The second kappa shape index (κ2) is 6.61. The fourth-order valence-corrected chi connectivity index (χ4v) is 4.77. The van der Waals surface area contributed by atoms with Gasteiger partial charge in [0.15, 0.2) is 0 Å². The summed E-state index contributed by atoms with van der Waals surface area (Å²) in [7, 11) is 0. The summed E-state index contributed by atoms with van der Waals surface area (Å²) in [4.78, 5) is 0. The number of fused-ring (bicyclic) bond motifs is 3. The molecule has 2 aliphatic carbocycles. The maximum atomic E-state index is 2.40. The van der Waals surface area contributed by atoms with Crippen molar-refractivity contribution in [3.63, 3.8) is 0 Å². The van der Waals surface area contributed by atoms with Crippen molar-refractivity contribution >= 4 is 0 Å². The van der Waals surface area contributed by atoms with Gasteiger partial charge in [-0.2, -0.15) is 0 Å². The SMILES string of the molecule is C/C=C\C(=C/C)C1(C2=CC=CCC2)c2ccccc2-c2ccc(C)cc21. The molecule has 0 bridgehead atoms. The zero-order valence-corrected chi connectivity index (χ0v) is 15.9. The van der Waals surface area contributed by atoms with E-state index in [0.29, 0.717) is 0 Å². The first kappa shape index (κ1) is 16.8. The van der Waals surface area contributed by atoms with Crippen molar-refractivity contribution in [3.8, 4) is 11.1 Å². The molecule has 0 fully saturated rings. The summed E-state index contributed by atoms with van der Waals surface area (Å²) in [5, 5.41) is 0. The Kier molecular flexibility index (Phi) is 4.28. The maximum Gasteiger partial charge on any atom is 0.0673 e. The van der Waals surface area contributed by atoms with Crippen LogP contribution in [0.3, 0.4) is 0 Å². The third-order valence-corrected chi connectivity index (χ3v) is 5.79. The molecule has 0 N–H and O–H groups in total. The van der Waals surface area contributed by atoms with E-state index in [1.807, 2.05) is 0 Å². The molecule has 0 saturated carbocycles. The van der Waals surface area contributed by atoms with Crippen LogP contribution in [-0.4, -0.2) is 0 Å². The average Bonchev–Trinajstić information content (AvgIpc) is 2.97. The highest BCUT2D eigenvalue weighted by molar-refractivity contribution is 5.86. The summed E-state index contributed by atoms with van der Waals surface area (Å²) >= 11 is 0. The third-order valence-electron chi connectivity index (χ3n) is 5.79. The lowest BCUT2D eigenvalue weighted by Crippen LogP contribution is -2.30. The van der Waals surface area contributed by atoms with E-state index in [1.165, 1.54) is 39.0 Å². The van der Waals surface area contributed by atoms with Crippen LogP contribution in [0.25, 0.3) is 11.1 Å². The number of rotatable bonds is 3. The van der Waals surface area contributed by atoms with Crippen molar-refractivity contribution in [3.05, 3.63) is 107 Å². The quantitative estimate of drug-likeness (QED) is 0.525. The smallest absolute Gasteiger partial charge is 0.0673 e. The number of allylic oxidation sites excluding steroid dienone is 8. The summed E-state index contributed by atoms with van der Waals surface area (Å²) in [5.74, 6) is 0. The Morgan fingerprint density at radius 3 is 2.54 bits per heavy atom. The summed E-state index contributed by atoms with van der Waals surface area (Å²) in [6, 6.07) is 15.9. The molecule has 130 valence electrons. The summed E-state index contributed by atoms with van der Waals surface area (Å²) < 4.78 is 0. The highest BCUT2D eigenvalue weighted by atomic mass is 14.5. The van der Waals surface area contributed by atoms with E-state index in [2.05, 4.69) is 99.7 Å². The number of hydrogen-bond donors (Lipinski definition) is 0. The second-order valence-electron chi connectivity index (χ2n) is 7.25. The van der Waals surface area contributed by atoms with Crippen LogP contribution in [0.15, 0.2) is 90.1 Å². The molecule has 0 heteroatoms. The Morgan fingerprint density at radius 1 is 1.00 bits per heavy atom. The van der Waals surface area contributed by atoms with E-state index in [1.54, 1.807) is 0 Å². The number of aryl methyl sites for hydroxylation is 1. The predicted octanol–water partition coefficient (Wildman–Crippen LogP) is 7.06. The Morgan fingerprint density at radius 2 is 1.81 bits per heavy atom. The molecule has 0 spiro atoms. The van der Waals surface area contributed by atoms with E-state index in [4.69, 9.17) is 0 Å². The standard InChI is InChI=1S/C26H26/c1-4-11-20(5-2)26(21-12-7-6-8-13-21)24-15-10-9-14-22(24)23-17-16-19(3)18-25(23)26/h4-7,9-12,14-18H,8,13H2,1-3H3/b11-4-,20-5+. The first-order valence-electron chi connectivity index (χ1n) is 9.60. The van der Waals surface area contributed by atoms with Gasteiger partial charge in [-0.1, -0.05) is 90.1 Å². The van der Waals surface area contributed by atoms with Crippen LogP contribution in [0.4, 0.5) is 0 Å². The van der Waals surface area contributed by atoms with E-state index in [9.17, 15) is 0 Å². The van der Waals surface area contributed by atoms with Crippen LogP contribution in [0.5, 0.6) is 0 Å². The van der Waals surface area contributed by atoms with Crippen molar-refractivity contribution in [2.45, 2.75) is 39.0 Å². The molecule has 2 aliphatic rings. The van der Waals surface area contributed by atoms with E-state index in [-0.39, 0.29) is 5.41 Å². The summed E-state index contributed by atoms with van der Waals surface area (Å²) in [5.41, 5.74) is 9.64. The van der Waals surface area contributed by atoms with Crippen molar-refractivity contribution in [1.82, 2.24) is 0 Å². The van der Waals surface area contributed by atoms with Gasteiger partial charge in [0.25, 0.3) is 0 Å². The molecule has 0 aliphatic heterocycles. The van der Waals surface area contributed by atoms with Crippen LogP contribution < -0.4 is 0 Å². The highest BCUT2D eigenvalue weighted by Gasteiger charge is 2.47. The first-order valence-corrected chi connectivity index (χ1v) is 9.60. The second-order valence-corrected chi connectivity index (χ2v) is 7.25. The first-order chi connectivity index (χ1) is 12.7. The van der Waals surface area contributed by atoms with Gasteiger partial charge in [-0.3, -0.25) is 0 Å². The molecule has 2 aromatic rings. The number of hydrogen-bond acceptors (Lipinski definition) is 0. The maximum absolute atomic E-state index is 2.40. The highest BCUT2D eigenvalue weighted by Crippen LogP contribution is 2.58. The van der Waals surface area contributed by atoms with Gasteiger partial charge in [-0.15, -0.1) is 0 Å². The summed E-state index contributed by atoms with van der Waals surface area (Å²) in [6.07, 6.45) is 15.9. The Labute approximate surface area is 157 Å². The topological polar surface area (TPSA) is 0 Å². The van der Waals surface area contributed by atoms with E-state index in [0.717, 1.165) is 12.8 Å². The van der Waals surface area contributed by atoms with E-state index >= 15 is 0 Å². The van der Waals surface area contributed by atoms with Crippen molar-refractivity contribution in [1.29, 1.82) is 0 Å². The monoisotopic (exact) mass is 338 g/mol. The molecule has 2 aromatic carbocycles. The molecule has 1 unspecified atom stereocenters. The largest absolute Gasteiger partial charge is 0.0873 e. The normalized spacial score (nSPS) is 21.7. The molecule has 26 heavy (non-hydrogen) atoms. The fraction of sp³-hybridized carbons (Fsp3) is 0.231. The van der Waals surface area contributed by atoms with Crippen LogP contribution in [0, 0.1) is 6.92 Å². The molecular formula is C26H26. The van der Waals surface area contributed by atoms with Gasteiger partial charge in [-0.05, 0) is 61.4 Å². The molecule has 0 nitrogen and oxygen atoms in total. The lowest BCUT2D eigenvalue weighted by atomic mass is 9.64. The molecule has 0 heterocycles. The molecular weight excluding hydrogens is 312 g/mol.